The largest absolute Gasteiger partial charge is 0.394 e. The number of hydrogen-bond donors (Lipinski definition) is 8. The average molecular weight is 717 g/mol. The molecule has 6 heterocycles. The lowest BCUT2D eigenvalue weighted by atomic mass is 10.1. The molecule has 0 aliphatic carbocycles. The van der Waals surface area contributed by atoms with Gasteiger partial charge in [-0.15, -0.1) is 13.2 Å². The molecule has 0 saturated carbocycles. The fourth-order valence-electron chi connectivity index (χ4n) is 5.47. The van der Waals surface area contributed by atoms with Gasteiger partial charge in [0.2, 0.25) is 0 Å². The summed E-state index contributed by atoms with van der Waals surface area (Å²) in [5, 5.41) is 65.8. The molecule has 0 radical (unpaired) electrons. The standard InChI is InChI=1S/C16H23N5O4S.C15H21N5O4/c1-8(2)4-5-17-13-10-14(20-16(19-13)26-3)21(7-18-10)15-12(24)11(23)9(6-22)25-15;1-8(2)3-4-16-13-10-14(18-6-17-13)20(7-19-10)15-12(23)11(22)9(5-21)24-15/h7,9,11-12,15,22-24H,1,4-6H2,2-3H3,(H,17,19,20);6-7,9,11-12,15,21-23H,1,3-5H2,2H3,(H,16,17,18)/t2*9-,11-,12-,15-/m11/s1. The van der Waals surface area contributed by atoms with E-state index in [-0.39, 0.29) is 13.2 Å². The molecule has 19 heteroatoms. The molecule has 8 atom stereocenters. The van der Waals surface area contributed by atoms with Gasteiger partial charge in [0.25, 0.3) is 0 Å². The zero-order valence-electron chi connectivity index (χ0n) is 28.0. The van der Waals surface area contributed by atoms with E-state index in [1.165, 1.54) is 35.3 Å². The molecule has 2 aliphatic rings. The Morgan fingerprint density at radius 2 is 1.24 bits per heavy atom. The molecular formula is C31H44N10O8S. The maximum absolute atomic E-state index is 10.3. The number of anilines is 2. The third-order valence-electron chi connectivity index (χ3n) is 8.21. The lowest BCUT2D eigenvalue weighted by Gasteiger charge is -2.17. The molecule has 272 valence electrons. The van der Waals surface area contributed by atoms with E-state index in [1.807, 2.05) is 20.1 Å². The van der Waals surface area contributed by atoms with Crippen molar-refractivity contribution in [2.75, 3.05) is 43.2 Å². The molecule has 2 saturated heterocycles. The van der Waals surface area contributed by atoms with Crippen molar-refractivity contribution in [3.63, 3.8) is 0 Å². The molecule has 8 N–H and O–H groups in total. The minimum atomic E-state index is -1.20. The zero-order chi connectivity index (χ0) is 36.1. The van der Waals surface area contributed by atoms with E-state index < -0.39 is 49.1 Å². The van der Waals surface area contributed by atoms with E-state index >= 15 is 0 Å². The maximum atomic E-state index is 10.3. The van der Waals surface area contributed by atoms with E-state index in [9.17, 15) is 30.6 Å². The highest BCUT2D eigenvalue weighted by molar-refractivity contribution is 7.98. The molecule has 50 heavy (non-hydrogen) atoms. The van der Waals surface area contributed by atoms with Gasteiger partial charge in [0, 0.05) is 13.1 Å². The van der Waals surface area contributed by atoms with Crippen LogP contribution in [-0.2, 0) is 9.47 Å². The number of aliphatic hydroxyl groups excluding tert-OH is 6. The minimum absolute atomic E-state index is 0.385. The number of ether oxygens (including phenoxy) is 2. The first-order valence-electron chi connectivity index (χ1n) is 16.0. The number of thioether (sulfide) groups is 1. The van der Waals surface area contributed by atoms with Crippen LogP contribution in [0.5, 0.6) is 0 Å². The fraction of sp³-hybridized carbons (Fsp3) is 0.548. The summed E-state index contributed by atoms with van der Waals surface area (Å²) in [5.41, 5.74) is 4.16. The quantitative estimate of drug-likeness (QED) is 0.0528. The number of nitrogens with zero attached hydrogens (tertiary/aromatic N) is 8. The van der Waals surface area contributed by atoms with E-state index in [0.717, 1.165) is 24.0 Å². The van der Waals surface area contributed by atoms with Gasteiger partial charge in [0.1, 0.15) is 43.0 Å². The van der Waals surface area contributed by atoms with Crippen LogP contribution in [0.15, 0.2) is 48.4 Å². The summed E-state index contributed by atoms with van der Waals surface area (Å²) in [6, 6.07) is 0. The van der Waals surface area contributed by atoms with Gasteiger partial charge in [-0.25, -0.2) is 29.9 Å². The molecule has 18 nitrogen and oxygen atoms in total. The molecule has 6 rings (SSSR count). The van der Waals surface area contributed by atoms with Crippen LogP contribution in [0.4, 0.5) is 11.6 Å². The summed E-state index contributed by atoms with van der Waals surface area (Å²) in [6.45, 7) is 12.2. The third-order valence-corrected chi connectivity index (χ3v) is 8.76. The summed E-state index contributed by atoms with van der Waals surface area (Å²) in [7, 11) is 0. The maximum Gasteiger partial charge on any atom is 0.191 e. The first-order valence-corrected chi connectivity index (χ1v) is 17.2. The van der Waals surface area contributed by atoms with Crippen molar-refractivity contribution < 1.29 is 40.1 Å². The SMILES string of the molecule is C=C(C)CCNc1nc(SC)nc2c1ncn2[C@@H]1O[C@H](CO)[C@@H](O)[C@H]1O.C=C(C)CCNc1ncnc2c1ncn2[C@@H]1O[C@H](CO)[C@@H](O)[C@H]1O. The summed E-state index contributed by atoms with van der Waals surface area (Å²) >= 11 is 1.39. The van der Waals surface area contributed by atoms with Crippen molar-refractivity contribution in [1.82, 2.24) is 39.0 Å². The lowest BCUT2D eigenvalue weighted by molar-refractivity contribution is -0.0511. The normalized spacial score (nSPS) is 26.3. The Bertz CT molecular complexity index is 1790. The molecule has 0 unspecified atom stereocenters. The van der Waals surface area contributed by atoms with Gasteiger partial charge in [-0.2, -0.15) is 0 Å². The van der Waals surface area contributed by atoms with Crippen LogP contribution in [0.25, 0.3) is 22.3 Å². The van der Waals surface area contributed by atoms with Crippen LogP contribution in [0.3, 0.4) is 0 Å². The van der Waals surface area contributed by atoms with Crippen LogP contribution in [0, 0.1) is 0 Å². The first kappa shape index (κ1) is 37.5. The van der Waals surface area contributed by atoms with Gasteiger partial charge in [-0.3, -0.25) is 9.13 Å². The first-order chi connectivity index (χ1) is 24.0. The second-order valence-electron chi connectivity index (χ2n) is 12.2. The van der Waals surface area contributed by atoms with Gasteiger partial charge < -0.3 is 50.7 Å². The van der Waals surface area contributed by atoms with Crippen LogP contribution in [0.1, 0.15) is 39.1 Å². The van der Waals surface area contributed by atoms with Gasteiger partial charge in [-0.1, -0.05) is 22.9 Å². The van der Waals surface area contributed by atoms with E-state index in [2.05, 4.69) is 53.7 Å². The predicted molar refractivity (Wildman–Crippen MR) is 184 cm³/mol. The Balaban J connectivity index is 0.000000195. The van der Waals surface area contributed by atoms with Crippen molar-refractivity contribution >= 4 is 45.7 Å². The number of rotatable bonds is 13. The van der Waals surface area contributed by atoms with Crippen molar-refractivity contribution in [2.24, 2.45) is 0 Å². The Hall–Kier alpha value is -3.79. The topological polar surface area (TPSA) is 251 Å². The summed E-state index contributed by atoms with van der Waals surface area (Å²) in [5.74, 6) is 1.16. The van der Waals surface area contributed by atoms with E-state index in [4.69, 9.17) is 9.47 Å². The van der Waals surface area contributed by atoms with Crippen molar-refractivity contribution in [3.05, 3.63) is 43.3 Å². The molecule has 4 aromatic heterocycles. The highest BCUT2D eigenvalue weighted by Crippen LogP contribution is 2.34. The third kappa shape index (κ3) is 7.90. The molecule has 4 aromatic rings. The average Bonchev–Trinajstić information content (AvgIpc) is 3.86. The summed E-state index contributed by atoms with van der Waals surface area (Å²) in [4.78, 5) is 26.0. The van der Waals surface area contributed by atoms with Crippen molar-refractivity contribution in [2.45, 2.75) is 80.9 Å². The molecular weight excluding hydrogens is 672 g/mol. The summed E-state index contributed by atoms with van der Waals surface area (Å²) < 4.78 is 14.2. The fourth-order valence-corrected chi connectivity index (χ4v) is 5.83. The van der Waals surface area contributed by atoms with Crippen LogP contribution < -0.4 is 10.6 Å². The minimum Gasteiger partial charge on any atom is -0.394 e. The second kappa shape index (κ2) is 16.5. The Kier molecular flexibility index (Phi) is 12.4. The molecule has 0 amide bonds. The van der Waals surface area contributed by atoms with E-state index in [0.29, 0.717) is 52.2 Å². The number of nitrogens with one attached hydrogen (secondary N) is 2. The Labute approximate surface area is 292 Å². The van der Waals surface area contributed by atoms with Crippen LogP contribution in [0.2, 0.25) is 0 Å². The smallest absolute Gasteiger partial charge is 0.191 e. The van der Waals surface area contributed by atoms with Gasteiger partial charge in [-0.05, 0) is 32.9 Å². The molecule has 2 aliphatic heterocycles. The van der Waals surface area contributed by atoms with Crippen molar-refractivity contribution in [1.29, 1.82) is 0 Å². The monoisotopic (exact) mass is 716 g/mol. The lowest BCUT2D eigenvalue weighted by Crippen LogP contribution is -2.33. The molecule has 2 fully saturated rings. The summed E-state index contributed by atoms with van der Waals surface area (Å²) in [6.07, 6.45) is -0.373. The Morgan fingerprint density at radius 1 is 0.740 bits per heavy atom. The van der Waals surface area contributed by atoms with E-state index in [1.54, 1.807) is 4.57 Å². The number of aromatic nitrogens is 8. The number of hydrogen-bond acceptors (Lipinski definition) is 17. The van der Waals surface area contributed by atoms with Crippen LogP contribution in [-0.4, -0.2) is 139 Å². The van der Waals surface area contributed by atoms with Crippen molar-refractivity contribution in [3.8, 4) is 0 Å². The highest BCUT2D eigenvalue weighted by Gasteiger charge is 2.45. The molecule has 0 aromatic carbocycles. The van der Waals surface area contributed by atoms with Gasteiger partial charge in [0.05, 0.1) is 25.9 Å². The molecule has 0 bridgehead atoms. The second-order valence-corrected chi connectivity index (χ2v) is 12.9. The number of imidazole rings is 2. The highest BCUT2D eigenvalue weighted by atomic mass is 32.2. The number of fused-ring (bicyclic) bond motifs is 2. The molecule has 0 spiro atoms. The predicted octanol–water partition coefficient (Wildman–Crippen LogP) is 0.354. The number of aliphatic hydroxyl groups is 6. The van der Waals surface area contributed by atoms with Crippen LogP contribution >= 0.6 is 11.8 Å². The Morgan fingerprint density at radius 3 is 1.72 bits per heavy atom. The van der Waals surface area contributed by atoms with Gasteiger partial charge >= 0.3 is 0 Å². The zero-order valence-corrected chi connectivity index (χ0v) is 28.8. The van der Waals surface area contributed by atoms with Gasteiger partial charge in [0.15, 0.2) is 51.6 Å².